The second-order valence-corrected chi connectivity index (χ2v) is 8.39. The molecule has 1 rings (SSSR count). The third-order valence-electron chi connectivity index (χ3n) is 2.75. The van der Waals surface area contributed by atoms with Crippen molar-refractivity contribution in [3.8, 4) is 0 Å². The van der Waals surface area contributed by atoms with Gasteiger partial charge in [-0.05, 0) is 12.5 Å². The van der Waals surface area contributed by atoms with Crippen molar-refractivity contribution in [2.75, 3.05) is 18.1 Å². The van der Waals surface area contributed by atoms with E-state index in [9.17, 15) is 21.6 Å². The van der Waals surface area contributed by atoms with E-state index in [-0.39, 0.29) is 17.9 Å². The maximum absolute atomic E-state index is 11.9. The molecule has 0 aliphatic rings. The van der Waals surface area contributed by atoms with Gasteiger partial charge in [0, 0.05) is 6.54 Å². The standard InChI is InChI=1S/C12H18N2O6S2/c1-2-21(17,18)13-8-9-22(19,20)14-11(12(15)16)10-6-4-3-5-7-10/h3-7,11,13-14H,2,8-9H2,1H3,(H,15,16)/t11-/m0/s1. The average Bonchev–Trinajstić information content (AvgIpc) is 2.45. The summed E-state index contributed by atoms with van der Waals surface area (Å²) in [5.74, 6) is -2.06. The van der Waals surface area contributed by atoms with Gasteiger partial charge in [0.1, 0.15) is 6.04 Å². The quantitative estimate of drug-likeness (QED) is 0.559. The number of benzene rings is 1. The first-order valence-corrected chi connectivity index (χ1v) is 9.72. The molecule has 0 spiro atoms. The van der Waals surface area contributed by atoms with Crippen LogP contribution in [0.25, 0.3) is 0 Å². The lowest BCUT2D eigenvalue weighted by Gasteiger charge is -2.15. The van der Waals surface area contributed by atoms with Crippen LogP contribution in [0.15, 0.2) is 30.3 Å². The van der Waals surface area contributed by atoms with Crippen molar-refractivity contribution < 1.29 is 26.7 Å². The number of hydrogen-bond donors (Lipinski definition) is 3. The predicted molar refractivity (Wildman–Crippen MR) is 81.2 cm³/mol. The Morgan fingerprint density at radius 1 is 1.14 bits per heavy atom. The van der Waals surface area contributed by atoms with Crippen LogP contribution < -0.4 is 9.44 Å². The van der Waals surface area contributed by atoms with E-state index in [2.05, 4.69) is 9.44 Å². The molecule has 0 aliphatic carbocycles. The van der Waals surface area contributed by atoms with Crippen molar-refractivity contribution in [3.05, 3.63) is 35.9 Å². The molecule has 0 amide bonds. The van der Waals surface area contributed by atoms with Gasteiger partial charge in [-0.3, -0.25) is 4.79 Å². The zero-order valence-corrected chi connectivity index (χ0v) is 13.5. The monoisotopic (exact) mass is 350 g/mol. The summed E-state index contributed by atoms with van der Waals surface area (Å²) in [4.78, 5) is 11.2. The number of carbonyl (C=O) groups is 1. The van der Waals surface area contributed by atoms with E-state index in [0.717, 1.165) is 0 Å². The summed E-state index contributed by atoms with van der Waals surface area (Å²) in [6.07, 6.45) is 0. The van der Waals surface area contributed by atoms with E-state index < -0.39 is 37.8 Å². The summed E-state index contributed by atoms with van der Waals surface area (Å²) in [5.41, 5.74) is 0.285. The highest BCUT2D eigenvalue weighted by Gasteiger charge is 2.25. The minimum atomic E-state index is -3.96. The maximum atomic E-state index is 11.9. The van der Waals surface area contributed by atoms with Gasteiger partial charge in [0.05, 0.1) is 11.5 Å². The number of nitrogens with one attached hydrogen (secondary N) is 2. The Morgan fingerprint density at radius 3 is 2.23 bits per heavy atom. The molecule has 0 heterocycles. The van der Waals surface area contributed by atoms with Crippen molar-refractivity contribution in [1.29, 1.82) is 0 Å². The summed E-state index contributed by atoms with van der Waals surface area (Å²) in [6.45, 7) is 1.09. The molecule has 0 saturated carbocycles. The Labute approximate surface area is 129 Å². The molecule has 1 aromatic carbocycles. The van der Waals surface area contributed by atoms with E-state index in [1.807, 2.05) is 0 Å². The zero-order valence-electron chi connectivity index (χ0n) is 11.9. The molecular formula is C12H18N2O6S2. The first-order chi connectivity index (χ1) is 10.2. The lowest BCUT2D eigenvalue weighted by atomic mass is 10.1. The van der Waals surface area contributed by atoms with Crippen LogP contribution in [0, 0.1) is 0 Å². The molecular weight excluding hydrogens is 332 g/mol. The molecule has 22 heavy (non-hydrogen) atoms. The van der Waals surface area contributed by atoms with Crippen molar-refractivity contribution in [3.63, 3.8) is 0 Å². The Hall–Kier alpha value is -1.49. The van der Waals surface area contributed by atoms with Crippen LogP contribution in [-0.4, -0.2) is 46.0 Å². The SMILES string of the molecule is CCS(=O)(=O)NCCS(=O)(=O)N[C@H](C(=O)O)c1ccccc1. The Morgan fingerprint density at radius 2 is 1.73 bits per heavy atom. The molecule has 8 nitrogen and oxygen atoms in total. The minimum Gasteiger partial charge on any atom is -0.480 e. The average molecular weight is 350 g/mol. The highest BCUT2D eigenvalue weighted by Crippen LogP contribution is 2.13. The molecule has 1 atom stereocenters. The summed E-state index contributed by atoms with van der Waals surface area (Å²) in [6, 6.07) is 6.41. The second kappa shape index (κ2) is 7.68. The van der Waals surface area contributed by atoms with Crippen LogP contribution in [-0.2, 0) is 24.8 Å². The first kappa shape index (κ1) is 18.6. The Bertz CT molecular complexity index is 700. The van der Waals surface area contributed by atoms with E-state index in [4.69, 9.17) is 5.11 Å². The lowest BCUT2D eigenvalue weighted by molar-refractivity contribution is -0.139. The van der Waals surface area contributed by atoms with E-state index in [0.29, 0.717) is 0 Å². The van der Waals surface area contributed by atoms with Crippen LogP contribution in [0.5, 0.6) is 0 Å². The normalized spacial score (nSPS) is 13.7. The lowest BCUT2D eigenvalue weighted by Crippen LogP contribution is -2.39. The fourth-order valence-electron chi connectivity index (χ4n) is 1.58. The van der Waals surface area contributed by atoms with E-state index >= 15 is 0 Å². The topological polar surface area (TPSA) is 130 Å². The molecule has 0 bridgehead atoms. The van der Waals surface area contributed by atoms with Gasteiger partial charge in [-0.1, -0.05) is 30.3 Å². The molecule has 10 heteroatoms. The van der Waals surface area contributed by atoms with Gasteiger partial charge >= 0.3 is 5.97 Å². The fourth-order valence-corrected chi connectivity index (χ4v) is 3.41. The minimum absolute atomic E-state index is 0.164. The summed E-state index contributed by atoms with van der Waals surface area (Å²) >= 11 is 0. The molecule has 0 aromatic heterocycles. The summed E-state index contributed by atoms with van der Waals surface area (Å²) in [7, 11) is -7.46. The third kappa shape index (κ3) is 6.10. The van der Waals surface area contributed by atoms with Gasteiger partial charge in [-0.15, -0.1) is 0 Å². The van der Waals surface area contributed by atoms with Crippen LogP contribution in [0.2, 0.25) is 0 Å². The molecule has 0 fully saturated rings. The number of rotatable bonds is 9. The van der Waals surface area contributed by atoms with Crippen LogP contribution in [0.1, 0.15) is 18.5 Å². The van der Waals surface area contributed by atoms with Gasteiger partial charge in [-0.25, -0.2) is 21.6 Å². The number of carboxylic acids is 1. The van der Waals surface area contributed by atoms with Gasteiger partial charge in [0.25, 0.3) is 0 Å². The van der Waals surface area contributed by atoms with E-state index in [1.165, 1.54) is 19.1 Å². The Kier molecular flexibility index (Phi) is 6.48. The molecule has 0 unspecified atom stereocenters. The smallest absolute Gasteiger partial charge is 0.326 e. The molecule has 1 aromatic rings. The van der Waals surface area contributed by atoms with Gasteiger partial charge in [-0.2, -0.15) is 4.72 Å². The highest BCUT2D eigenvalue weighted by atomic mass is 32.2. The first-order valence-electron chi connectivity index (χ1n) is 6.42. The van der Waals surface area contributed by atoms with Crippen LogP contribution in [0.3, 0.4) is 0 Å². The molecule has 0 aliphatic heterocycles. The number of aliphatic carboxylic acids is 1. The van der Waals surface area contributed by atoms with Crippen molar-refractivity contribution in [2.45, 2.75) is 13.0 Å². The molecule has 0 radical (unpaired) electrons. The van der Waals surface area contributed by atoms with E-state index in [1.54, 1.807) is 18.2 Å². The molecule has 3 N–H and O–H groups in total. The van der Waals surface area contributed by atoms with Crippen molar-refractivity contribution in [2.24, 2.45) is 0 Å². The fraction of sp³-hybridized carbons (Fsp3) is 0.417. The largest absolute Gasteiger partial charge is 0.480 e. The third-order valence-corrected chi connectivity index (χ3v) is 5.49. The highest BCUT2D eigenvalue weighted by molar-refractivity contribution is 7.90. The number of carboxylic acid groups (broad SMARTS) is 1. The van der Waals surface area contributed by atoms with Gasteiger partial charge < -0.3 is 5.11 Å². The number of hydrogen-bond acceptors (Lipinski definition) is 5. The summed E-state index contributed by atoms with van der Waals surface area (Å²) in [5, 5.41) is 9.14. The van der Waals surface area contributed by atoms with Gasteiger partial charge in [0.15, 0.2) is 0 Å². The van der Waals surface area contributed by atoms with Crippen molar-refractivity contribution in [1.82, 2.24) is 9.44 Å². The molecule has 124 valence electrons. The number of sulfonamides is 2. The van der Waals surface area contributed by atoms with Gasteiger partial charge in [0.2, 0.25) is 20.0 Å². The summed E-state index contributed by atoms with van der Waals surface area (Å²) < 4.78 is 50.4. The predicted octanol–water partition coefficient (Wildman–Crippen LogP) is -0.329. The zero-order chi connectivity index (χ0) is 16.8. The van der Waals surface area contributed by atoms with Crippen LogP contribution >= 0.6 is 0 Å². The van der Waals surface area contributed by atoms with Crippen LogP contribution in [0.4, 0.5) is 0 Å². The maximum Gasteiger partial charge on any atom is 0.326 e. The van der Waals surface area contributed by atoms with Crippen molar-refractivity contribution >= 4 is 26.0 Å². The molecule has 0 saturated heterocycles. The Balaban J connectivity index is 2.75. The second-order valence-electron chi connectivity index (χ2n) is 4.42.